The number of nitrogens with one attached hydrogen (secondary N) is 1. The van der Waals surface area contributed by atoms with Crippen molar-refractivity contribution in [2.75, 3.05) is 5.73 Å². The largest absolute Gasteiger partial charge is 0.464 e. The summed E-state index contributed by atoms with van der Waals surface area (Å²) in [6.45, 7) is 3.68. The van der Waals surface area contributed by atoms with Crippen molar-refractivity contribution in [3.05, 3.63) is 41.7 Å². The Morgan fingerprint density at radius 1 is 1.44 bits per heavy atom. The summed E-state index contributed by atoms with van der Waals surface area (Å²) >= 11 is 0. The lowest BCUT2D eigenvalue weighted by Crippen LogP contribution is -2.27. The van der Waals surface area contributed by atoms with E-state index in [1.165, 1.54) is 12.4 Å². The van der Waals surface area contributed by atoms with Gasteiger partial charge in [0.15, 0.2) is 0 Å². The van der Waals surface area contributed by atoms with Crippen LogP contribution in [0.1, 0.15) is 35.0 Å². The maximum absolute atomic E-state index is 11.9. The second-order valence-corrected chi connectivity index (χ2v) is 3.97. The van der Waals surface area contributed by atoms with Gasteiger partial charge in [0.2, 0.25) is 0 Å². The minimum Gasteiger partial charge on any atom is -0.464 e. The third-order valence-corrected chi connectivity index (χ3v) is 2.42. The predicted octanol–water partition coefficient (Wildman–Crippen LogP) is 1.45. The van der Waals surface area contributed by atoms with Crippen LogP contribution >= 0.6 is 0 Å². The number of aromatic nitrogens is 2. The van der Waals surface area contributed by atoms with Gasteiger partial charge in [-0.15, -0.1) is 0 Å². The molecule has 6 heteroatoms. The fourth-order valence-corrected chi connectivity index (χ4v) is 1.52. The van der Waals surface area contributed by atoms with Crippen LogP contribution in [0.15, 0.2) is 28.9 Å². The molecule has 2 aromatic rings. The quantitative estimate of drug-likeness (QED) is 0.854. The first-order valence-electron chi connectivity index (χ1n) is 5.51. The number of carbonyl (C=O) groups is 1. The molecule has 94 valence electrons. The summed E-state index contributed by atoms with van der Waals surface area (Å²) in [4.78, 5) is 19.6. The summed E-state index contributed by atoms with van der Waals surface area (Å²) < 4.78 is 5.43. The van der Waals surface area contributed by atoms with Crippen LogP contribution in [-0.4, -0.2) is 15.9 Å². The van der Waals surface area contributed by atoms with Gasteiger partial charge in [-0.25, -0.2) is 4.98 Å². The van der Waals surface area contributed by atoms with Crippen molar-refractivity contribution in [2.24, 2.45) is 0 Å². The second kappa shape index (κ2) is 4.87. The Morgan fingerprint density at radius 3 is 2.83 bits per heavy atom. The van der Waals surface area contributed by atoms with Crippen molar-refractivity contribution in [2.45, 2.75) is 19.9 Å². The number of nitrogens with two attached hydrogens (primary N) is 1. The molecule has 0 bridgehead atoms. The zero-order valence-corrected chi connectivity index (χ0v) is 10.2. The summed E-state index contributed by atoms with van der Waals surface area (Å²) in [7, 11) is 0. The van der Waals surface area contributed by atoms with Gasteiger partial charge in [-0.05, 0) is 26.0 Å². The topological polar surface area (TPSA) is 94.0 Å². The van der Waals surface area contributed by atoms with Crippen molar-refractivity contribution >= 4 is 11.7 Å². The van der Waals surface area contributed by atoms with Crippen LogP contribution in [0.4, 0.5) is 5.82 Å². The first-order chi connectivity index (χ1) is 8.56. The van der Waals surface area contributed by atoms with Crippen LogP contribution < -0.4 is 11.1 Å². The standard InChI is InChI=1S/C12H14N4O2/c1-7-3-4-10(18-7)8(2)15-12(17)9-5-14-6-11(13)16-9/h3-6,8H,1-2H3,(H2,13,16)(H,15,17). The Labute approximate surface area is 104 Å². The molecule has 0 radical (unpaired) electrons. The smallest absolute Gasteiger partial charge is 0.272 e. The van der Waals surface area contributed by atoms with Crippen LogP contribution in [0.3, 0.4) is 0 Å². The van der Waals surface area contributed by atoms with Crippen molar-refractivity contribution < 1.29 is 9.21 Å². The average Bonchev–Trinajstić information content (AvgIpc) is 2.76. The lowest BCUT2D eigenvalue weighted by Gasteiger charge is -2.10. The molecule has 1 unspecified atom stereocenters. The van der Waals surface area contributed by atoms with E-state index >= 15 is 0 Å². The summed E-state index contributed by atoms with van der Waals surface area (Å²) in [6.07, 6.45) is 2.75. The lowest BCUT2D eigenvalue weighted by atomic mass is 10.2. The SMILES string of the molecule is Cc1ccc(C(C)NC(=O)c2cncc(N)n2)o1. The molecule has 3 N–H and O–H groups in total. The van der Waals surface area contributed by atoms with E-state index in [4.69, 9.17) is 10.2 Å². The van der Waals surface area contributed by atoms with E-state index in [0.29, 0.717) is 5.76 Å². The summed E-state index contributed by atoms with van der Waals surface area (Å²) in [5.41, 5.74) is 5.65. The third-order valence-electron chi connectivity index (χ3n) is 2.42. The van der Waals surface area contributed by atoms with Crippen molar-refractivity contribution in [1.29, 1.82) is 0 Å². The Bertz CT molecular complexity index is 565. The number of rotatable bonds is 3. The molecule has 0 aliphatic carbocycles. The lowest BCUT2D eigenvalue weighted by molar-refractivity contribution is 0.0930. The molecule has 0 saturated heterocycles. The third kappa shape index (κ3) is 2.65. The number of furan rings is 1. The van der Waals surface area contributed by atoms with Gasteiger partial charge in [0.1, 0.15) is 23.0 Å². The van der Waals surface area contributed by atoms with Crippen LogP contribution in [0, 0.1) is 6.92 Å². The van der Waals surface area contributed by atoms with Crippen LogP contribution in [0.5, 0.6) is 0 Å². The molecule has 1 amide bonds. The molecule has 1 atom stereocenters. The molecule has 0 saturated carbocycles. The van der Waals surface area contributed by atoms with Gasteiger partial charge in [0.05, 0.1) is 18.4 Å². The van der Waals surface area contributed by atoms with E-state index in [1.807, 2.05) is 26.0 Å². The van der Waals surface area contributed by atoms with Gasteiger partial charge in [-0.1, -0.05) is 0 Å². The number of carbonyl (C=O) groups excluding carboxylic acids is 1. The van der Waals surface area contributed by atoms with Crippen LogP contribution in [-0.2, 0) is 0 Å². The van der Waals surface area contributed by atoms with Gasteiger partial charge in [0.25, 0.3) is 5.91 Å². The Kier molecular flexibility index (Phi) is 3.27. The highest BCUT2D eigenvalue weighted by Gasteiger charge is 2.15. The molecule has 0 aliphatic rings. The van der Waals surface area contributed by atoms with Gasteiger partial charge >= 0.3 is 0 Å². The normalized spacial score (nSPS) is 12.1. The molecule has 0 aromatic carbocycles. The Balaban J connectivity index is 2.08. The summed E-state index contributed by atoms with van der Waals surface area (Å²) in [5, 5.41) is 2.76. The highest BCUT2D eigenvalue weighted by Crippen LogP contribution is 2.15. The highest BCUT2D eigenvalue weighted by atomic mass is 16.3. The molecule has 0 aliphatic heterocycles. The number of hydrogen-bond acceptors (Lipinski definition) is 5. The number of anilines is 1. The van der Waals surface area contributed by atoms with E-state index in [2.05, 4.69) is 15.3 Å². The minimum absolute atomic E-state index is 0.185. The maximum Gasteiger partial charge on any atom is 0.272 e. The minimum atomic E-state index is -0.337. The van der Waals surface area contributed by atoms with Crippen molar-refractivity contribution in [3.8, 4) is 0 Å². The molecule has 18 heavy (non-hydrogen) atoms. The molecule has 0 spiro atoms. The number of amides is 1. The fraction of sp³-hybridized carbons (Fsp3) is 0.250. The number of nitrogens with zero attached hydrogens (tertiary/aromatic N) is 2. The highest BCUT2D eigenvalue weighted by molar-refractivity contribution is 5.92. The Hall–Kier alpha value is -2.37. The van der Waals surface area contributed by atoms with Gasteiger partial charge in [-0.3, -0.25) is 9.78 Å². The predicted molar refractivity (Wildman–Crippen MR) is 65.8 cm³/mol. The van der Waals surface area contributed by atoms with Crippen molar-refractivity contribution in [3.63, 3.8) is 0 Å². The first kappa shape index (κ1) is 12.1. The second-order valence-electron chi connectivity index (χ2n) is 3.97. The molecule has 6 nitrogen and oxygen atoms in total. The summed E-state index contributed by atoms with van der Waals surface area (Å²) in [5.74, 6) is 1.37. The van der Waals surface area contributed by atoms with E-state index in [1.54, 1.807) is 0 Å². The Morgan fingerprint density at radius 2 is 2.22 bits per heavy atom. The number of aryl methyl sites for hydroxylation is 1. The molecular formula is C12H14N4O2. The molecule has 2 rings (SSSR count). The molecule has 0 fully saturated rings. The molecule has 2 heterocycles. The van der Waals surface area contributed by atoms with E-state index in [0.717, 1.165) is 5.76 Å². The zero-order chi connectivity index (χ0) is 13.1. The van der Waals surface area contributed by atoms with E-state index in [-0.39, 0.29) is 23.5 Å². The zero-order valence-electron chi connectivity index (χ0n) is 10.2. The van der Waals surface area contributed by atoms with Crippen LogP contribution in [0.25, 0.3) is 0 Å². The van der Waals surface area contributed by atoms with Crippen molar-refractivity contribution in [1.82, 2.24) is 15.3 Å². The molecular weight excluding hydrogens is 232 g/mol. The average molecular weight is 246 g/mol. The van der Waals surface area contributed by atoms with Gasteiger partial charge < -0.3 is 15.5 Å². The van der Waals surface area contributed by atoms with Gasteiger partial charge in [-0.2, -0.15) is 0 Å². The first-order valence-corrected chi connectivity index (χ1v) is 5.51. The van der Waals surface area contributed by atoms with E-state index < -0.39 is 0 Å². The number of nitrogen functional groups attached to an aromatic ring is 1. The fourth-order valence-electron chi connectivity index (χ4n) is 1.52. The summed E-state index contributed by atoms with van der Waals surface area (Å²) in [6, 6.07) is 3.43. The monoisotopic (exact) mass is 246 g/mol. The van der Waals surface area contributed by atoms with Crippen LogP contribution in [0.2, 0.25) is 0 Å². The van der Waals surface area contributed by atoms with Gasteiger partial charge in [0, 0.05) is 0 Å². The maximum atomic E-state index is 11.9. The van der Waals surface area contributed by atoms with E-state index in [9.17, 15) is 4.79 Å². The molecule has 2 aromatic heterocycles. The number of hydrogen-bond donors (Lipinski definition) is 2.